The van der Waals surface area contributed by atoms with Crippen LogP contribution in [-0.4, -0.2) is 35.8 Å². The van der Waals surface area contributed by atoms with E-state index in [9.17, 15) is 4.79 Å². The Hall–Kier alpha value is -1.84. The maximum Gasteiger partial charge on any atom is 0.326 e. The quantitative estimate of drug-likeness (QED) is 0.767. The molecule has 1 aliphatic heterocycles. The molecule has 1 atom stereocenters. The van der Waals surface area contributed by atoms with Crippen LogP contribution in [0, 0.1) is 5.41 Å². The van der Waals surface area contributed by atoms with Crippen LogP contribution in [0.2, 0.25) is 0 Å². The van der Waals surface area contributed by atoms with Crippen molar-refractivity contribution in [3.63, 3.8) is 0 Å². The van der Waals surface area contributed by atoms with Crippen LogP contribution in [0.5, 0.6) is 0 Å². The Morgan fingerprint density at radius 3 is 2.19 bits per heavy atom. The molecule has 4 nitrogen and oxygen atoms in total. The molecule has 1 N–H and O–H groups in total. The van der Waals surface area contributed by atoms with Crippen molar-refractivity contribution in [2.24, 2.45) is 0 Å². The third-order valence-corrected chi connectivity index (χ3v) is 3.38. The molecule has 1 saturated heterocycles. The van der Waals surface area contributed by atoms with Gasteiger partial charge >= 0.3 is 6.03 Å². The number of carbonyl (C=O) groups is 1. The average molecular weight is 217 g/mol. The zero-order valence-electron chi connectivity index (χ0n) is 9.69. The van der Waals surface area contributed by atoms with E-state index < -0.39 is 5.54 Å². The van der Waals surface area contributed by atoms with E-state index in [1.165, 1.54) is 4.90 Å². The van der Waals surface area contributed by atoms with Crippen molar-refractivity contribution in [1.82, 2.24) is 9.80 Å². The maximum absolute atomic E-state index is 11.8. The second-order valence-corrected chi connectivity index (χ2v) is 4.19. The number of nitrogens with one attached hydrogen (secondary N) is 1. The minimum atomic E-state index is -0.660. The second-order valence-electron chi connectivity index (χ2n) is 4.19. The van der Waals surface area contributed by atoms with E-state index in [0.29, 0.717) is 5.84 Å². The van der Waals surface area contributed by atoms with Gasteiger partial charge in [0, 0.05) is 14.1 Å². The highest BCUT2D eigenvalue weighted by Crippen LogP contribution is 2.35. The fourth-order valence-electron chi connectivity index (χ4n) is 2.09. The molecule has 0 unspecified atom stereocenters. The number of benzene rings is 1. The lowest BCUT2D eigenvalue weighted by Gasteiger charge is -2.30. The zero-order valence-corrected chi connectivity index (χ0v) is 9.69. The van der Waals surface area contributed by atoms with Gasteiger partial charge in [-0.2, -0.15) is 0 Å². The lowest BCUT2D eigenvalue weighted by molar-refractivity contribution is 0.187. The first-order valence-electron chi connectivity index (χ1n) is 5.15. The Morgan fingerprint density at radius 2 is 1.75 bits per heavy atom. The third kappa shape index (κ3) is 1.16. The van der Waals surface area contributed by atoms with E-state index >= 15 is 0 Å². The van der Waals surface area contributed by atoms with E-state index in [1.807, 2.05) is 37.3 Å². The van der Waals surface area contributed by atoms with E-state index in [-0.39, 0.29) is 6.03 Å². The van der Waals surface area contributed by atoms with Crippen molar-refractivity contribution in [3.05, 3.63) is 35.9 Å². The summed E-state index contributed by atoms with van der Waals surface area (Å²) < 4.78 is 0. The van der Waals surface area contributed by atoms with E-state index in [4.69, 9.17) is 5.41 Å². The van der Waals surface area contributed by atoms with Gasteiger partial charge in [0.25, 0.3) is 0 Å². The molecular weight excluding hydrogens is 202 g/mol. The molecule has 2 rings (SSSR count). The highest BCUT2D eigenvalue weighted by atomic mass is 16.2. The summed E-state index contributed by atoms with van der Waals surface area (Å²) in [5.41, 5.74) is 0.299. The van der Waals surface area contributed by atoms with Crippen LogP contribution < -0.4 is 0 Å². The fraction of sp³-hybridized carbons (Fsp3) is 0.333. The van der Waals surface area contributed by atoms with E-state index in [0.717, 1.165) is 5.56 Å². The molecule has 0 spiro atoms. The Morgan fingerprint density at radius 1 is 1.19 bits per heavy atom. The molecule has 1 aromatic rings. The van der Waals surface area contributed by atoms with Gasteiger partial charge in [-0.1, -0.05) is 30.3 Å². The molecule has 1 aromatic carbocycles. The van der Waals surface area contributed by atoms with Gasteiger partial charge in [-0.15, -0.1) is 0 Å². The first-order chi connectivity index (χ1) is 7.49. The molecule has 16 heavy (non-hydrogen) atoms. The summed E-state index contributed by atoms with van der Waals surface area (Å²) in [6, 6.07) is 9.51. The van der Waals surface area contributed by atoms with Crippen molar-refractivity contribution in [3.8, 4) is 0 Å². The summed E-state index contributed by atoms with van der Waals surface area (Å²) in [7, 11) is 3.36. The summed E-state index contributed by atoms with van der Waals surface area (Å²) >= 11 is 0. The number of rotatable bonds is 1. The number of hydrogen-bond acceptors (Lipinski definition) is 2. The lowest BCUT2D eigenvalue weighted by atomic mass is 9.90. The Bertz CT molecular complexity index is 443. The summed E-state index contributed by atoms with van der Waals surface area (Å²) in [5.74, 6) is 0.311. The first-order valence-corrected chi connectivity index (χ1v) is 5.15. The number of amides is 2. The molecule has 84 valence electrons. The molecule has 0 bridgehead atoms. The number of urea groups is 1. The van der Waals surface area contributed by atoms with E-state index in [2.05, 4.69) is 0 Å². The molecule has 1 heterocycles. The Labute approximate surface area is 95.0 Å². The monoisotopic (exact) mass is 217 g/mol. The molecule has 0 saturated carbocycles. The molecular formula is C12H15N3O. The minimum absolute atomic E-state index is 0.142. The van der Waals surface area contributed by atoms with Crippen LogP contribution in [-0.2, 0) is 5.54 Å². The van der Waals surface area contributed by atoms with Gasteiger partial charge in [0.2, 0.25) is 0 Å². The van der Waals surface area contributed by atoms with Crippen molar-refractivity contribution < 1.29 is 4.79 Å². The van der Waals surface area contributed by atoms with Crippen molar-refractivity contribution in [2.75, 3.05) is 14.1 Å². The molecule has 1 fully saturated rings. The lowest BCUT2D eigenvalue weighted by Crippen LogP contribution is -2.41. The van der Waals surface area contributed by atoms with Crippen molar-refractivity contribution in [1.29, 1.82) is 5.41 Å². The maximum atomic E-state index is 11.8. The van der Waals surface area contributed by atoms with Gasteiger partial charge in [0.15, 0.2) is 0 Å². The molecule has 0 aliphatic carbocycles. The van der Waals surface area contributed by atoms with Gasteiger partial charge < -0.3 is 4.90 Å². The van der Waals surface area contributed by atoms with Crippen LogP contribution in [0.1, 0.15) is 12.5 Å². The van der Waals surface area contributed by atoms with Crippen LogP contribution in [0.25, 0.3) is 0 Å². The molecule has 2 amide bonds. The number of hydrogen-bond donors (Lipinski definition) is 1. The van der Waals surface area contributed by atoms with Gasteiger partial charge in [-0.3, -0.25) is 10.3 Å². The zero-order chi connectivity index (χ0) is 11.9. The summed E-state index contributed by atoms with van der Waals surface area (Å²) in [6.07, 6.45) is 0. The smallest absolute Gasteiger partial charge is 0.311 e. The second kappa shape index (κ2) is 3.33. The number of amidine groups is 1. The predicted molar refractivity (Wildman–Crippen MR) is 62.4 cm³/mol. The predicted octanol–water partition coefficient (Wildman–Crippen LogP) is 1.88. The summed E-state index contributed by atoms with van der Waals surface area (Å²) in [4.78, 5) is 14.8. The normalized spacial score (nSPS) is 25.4. The number of likely N-dealkylation sites (N-methyl/N-ethyl adjacent to an activating group) is 2. The van der Waals surface area contributed by atoms with Gasteiger partial charge in [-0.25, -0.2) is 4.79 Å². The van der Waals surface area contributed by atoms with Crippen LogP contribution in [0.3, 0.4) is 0 Å². The topological polar surface area (TPSA) is 47.4 Å². The Kier molecular flexibility index (Phi) is 2.22. The number of nitrogens with zero attached hydrogens (tertiary/aromatic N) is 2. The largest absolute Gasteiger partial charge is 0.326 e. The van der Waals surface area contributed by atoms with E-state index in [1.54, 1.807) is 19.0 Å². The molecule has 4 heteroatoms. The fourth-order valence-corrected chi connectivity index (χ4v) is 2.09. The first kappa shape index (κ1) is 10.7. The van der Waals surface area contributed by atoms with Gasteiger partial charge in [0.05, 0.1) is 0 Å². The van der Waals surface area contributed by atoms with Crippen molar-refractivity contribution in [2.45, 2.75) is 12.5 Å². The van der Waals surface area contributed by atoms with Gasteiger partial charge in [-0.05, 0) is 12.5 Å². The van der Waals surface area contributed by atoms with Crippen LogP contribution in [0.15, 0.2) is 30.3 Å². The average Bonchev–Trinajstić information content (AvgIpc) is 2.47. The van der Waals surface area contributed by atoms with Crippen LogP contribution >= 0.6 is 0 Å². The number of carbonyl (C=O) groups excluding carboxylic acids is 1. The molecule has 1 aliphatic rings. The summed E-state index contributed by atoms with van der Waals surface area (Å²) in [6.45, 7) is 1.89. The summed E-state index contributed by atoms with van der Waals surface area (Å²) in [5, 5.41) is 8.07. The molecule has 0 radical (unpaired) electrons. The highest BCUT2D eigenvalue weighted by Gasteiger charge is 2.49. The van der Waals surface area contributed by atoms with Crippen LogP contribution in [0.4, 0.5) is 4.79 Å². The Balaban J connectivity index is 2.54. The minimum Gasteiger partial charge on any atom is -0.311 e. The van der Waals surface area contributed by atoms with Crippen molar-refractivity contribution >= 4 is 11.9 Å². The SMILES string of the molecule is CN1C(=N)[C@@](C)(c2ccccc2)N(C)C1=O. The van der Waals surface area contributed by atoms with Gasteiger partial charge in [0.1, 0.15) is 11.4 Å². The molecule has 0 aromatic heterocycles. The highest BCUT2D eigenvalue weighted by molar-refractivity contribution is 6.08. The standard InChI is InChI=1S/C12H15N3O/c1-12(9-7-5-4-6-8-9)10(13)14(2)11(16)15(12)3/h4-8,13H,1-3H3/t12-/m1/s1. The third-order valence-electron chi connectivity index (χ3n) is 3.38.